The number of ether oxygens (including phenoxy) is 13. The molecule has 0 fully saturated rings. The molecule has 0 unspecified atom stereocenters. The minimum Gasteiger partial charge on any atom is -0.378 e. The van der Waals surface area contributed by atoms with E-state index < -0.39 is 0 Å². The van der Waals surface area contributed by atoms with Gasteiger partial charge < -0.3 is 61.6 Å². The molecule has 0 bridgehead atoms. The zero-order valence-electron chi connectivity index (χ0n) is 26.1. The van der Waals surface area contributed by atoms with Gasteiger partial charge in [0.25, 0.3) is 0 Å². The topological polar surface area (TPSA) is 120 Å². The van der Waals surface area contributed by atoms with Crippen LogP contribution in [-0.2, 0) is 61.6 Å². The number of hydrogen-bond acceptors (Lipinski definition) is 13. The fourth-order valence-corrected chi connectivity index (χ4v) is 2.97. The zero-order chi connectivity index (χ0) is 31.0. The molecule has 0 heterocycles. The summed E-state index contributed by atoms with van der Waals surface area (Å²) in [4.78, 5) is 0. The van der Waals surface area contributed by atoms with Crippen LogP contribution in [0.1, 0.15) is 0 Å². The van der Waals surface area contributed by atoms with Crippen molar-refractivity contribution in [2.45, 2.75) is 0 Å². The summed E-state index contributed by atoms with van der Waals surface area (Å²) < 4.78 is 70.2. The molecule has 0 saturated carbocycles. The molecule has 13 nitrogen and oxygen atoms in total. The monoisotopic (exact) mass is 648 g/mol. The molecule has 0 aliphatic rings. The summed E-state index contributed by atoms with van der Waals surface area (Å²) in [6.07, 6.45) is 1.71. The molecule has 0 saturated heterocycles. The highest BCUT2D eigenvalue weighted by Crippen LogP contribution is 1.88. The van der Waals surface area contributed by atoms with E-state index in [1.807, 2.05) is 0 Å². The second-order valence-corrected chi connectivity index (χ2v) is 8.78. The Hall–Kier alpha value is -0.490. The summed E-state index contributed by atoms with van der Waals surface area (Å²) in [6.45, 7) is 17.2. The van der Waals surface area contributed by atoms with Crippen LogP contribution in [0.25, 0.3) is 0 Å². The van der Waals surface area contributed by atoms with E-state index in [2.05, 4.69) is 6.58 Å². The molecular weight excluding hydrogens is 592 g/mol. The van der Waals surface area contributed by atoms with E-state index in [0.717, 1.165) is 0 Å². The van der Waals surface area contributed by atoms with E-state index >= 15 is 0 Å². The molecule has 0 aliphatic heterocycles. The van der Waals surface area contributed by atoms with Crippen LogP contribution in [0, 0.1) is 0 Å². The lowest BCUT2D eigenvalue weighted by molar-refractivity contribution is -0.0288. The Labute approximate surface area is 263 Å². The number of halogens is 1. The quantitative estimate of drug-likeness (QED) is 0.0544. The van der Waals surface area contributed by atoms with Crippen LogP contribution >= 0.6 is 11.6 Å². The third kappa shape index (κ3) is 41.5. The first-order valence-electron chi connectivity index (χ1n) is 15.1. The summed E-state index contributed by atoms with van der Waals surface area (Å²) in [5, 5.41) is 0. The van der Waals surface area contributed by atoms with Gasteiger partial charge in [0, 0.05) is 5.88 Å². The minimum absolute atomic E-state index is 0.497. The van der Waals surface area contributed by atoms with Crippen LogP contribution in [-0.4, -0.2) is 178 Å². The van der Waals surface area contributed by atoms with E-state index in [0.29, 0.717) is 178 Å². The van der Waals surface area contributed by atoms with E-state index in [-0.39, 0.29) is 0 Å². The molecule has 43 heavy (non-hydrogen) atoms. The number of hydrogen-bond donors (Lipinski definition) is 0. The molecule has 0 aliphatic carbocycles. The van der Waals surface area contributed by atoms with Crippen molar-refractivity contribution in [1.29, 1.82) is 0 Å². The summed E-state index contributed by atoms with van der Waals surface area (Å²) in [5.74, 6) is 0.497. The van der Waals surface area contributed by atoms with Gasteiger partial charge in [-0.2, -0.15) is 0 Å². The van der Waals surface area contributed by atoms with Crippen molar-refractivity contribution >= 4 is 11.6 Å². The first-order valence-corrected chi connectivity index (χ1v) is 15.6. The molecule has 0 radical (unpaired) electrons. The minimum atomic E-state index is 0.497. The summed E-state index contributed by atoms with van der Waals surface area (Å²) in [5.41, 5.74) is 0. The van der Waals surface area contributed by atoms with Crippen LogP contribution in [0.5, 0.6) is 0 Å². The highest BCUT2D eigenvalue weighted by Gasteiger charge is 1.96. The van der Waals surface area contributed by atoms with Crippen LogP contribution in [0.2, 0.25) is 0 Å². The van der Waals surface area contributed by atoms with Crippen LogP contribution in [0.4, 0.5) is 0 Å². The summed E-state index contributed by atoms with van der Waals surface area (Å²) >= 11 is 5.51. The Balaban J connectivity index is 3.03. The maximum atomic E-state index is 5.51. The SMILES string of the molecule is C=CCOCCOCCOCCOCCOCCOCCOCCOCCOCCOCCOCCOCCOCCCl. The lowest BCUT2D eigenvalue weighted by Gasteiger charge is -2.09. The van der Waals surface area contributed by atoms with Crippen molar-refractivity contribution in [2.75, 3.05) is 178 Å². The predicted molar refractivity (Wildman–Crippen MR) is 162 cm³/mol. The first-order chi connectivity index (χ1) is 21.4. The largest absolute Gasteiger partial charge is 0.378 e. The van der Waals surface area contributed by atoms with Gasteiger partial charge in [-0.1, -0.05) is 6.08 Å². The Kier molecular flexibility index (Phi) is 41.0. The lowest BCUT2D eigenvalue weighted by Crippen LogP contribution is -2.15. The third-order valence-corrected chi connectivity index (χ3v) is 5.08. The summed E-state index contributed by atoms with van der Waals surface area (Å²) in [7, 11) is 0. The van der Waals surface area contributed by atoms with Crippen molar-refractivity contribution in [1.82, 2.24) is 0 Å². The van der Waals surface area contributed by atoms with Crippen molar-refractivity contribution in [2.24, 2.45) is 0 Å². The number of rotatable bonds is 40. The van der Waals surface area contributed by atoms with Gasteiger partial charge in [-0.15, -0.1) is 18.2 Å². The first kappa shape index (κ1) is 42.5. The Bertz CT molecular complexity index is 509. The third-order valence-electron chi connectivity index (χ3n) is 4.92. The van der Waals surface area contributed by atoms with E-state index in [1.165, 1.54) is 0 Å². The van der Waals surface area contributed by atoms with Gasteiger partial charge in [0.15, 0.2) is 0 Å². The molecule has 0 aromatic heterocycles. The normalized spacial score (nSPS) is 11.5. The fraction of sp³-hybridized carbons (Fsp3) is 0.931. The van der Waals surface area contributed by atoms with Crippen molar-refractivity contribution < 1.29 is 61.6 Å². The molecule has 14 heteroatoms. The fourth-order valence-electron chi connectivity index (χ4n) is 2.86. The van der Waals surface area contributed by atoms with E-state index in [1.54, 1.807) is 6.08 Å². The molecule has 0 aromatic carbocycles. The van der Waals surface area contributed by atoms with Crippen molar-refractivity contribution in [3.63, 3.8) is 0 Å². The van der Waals surface area contributed by atoms with Gasteiger partial charge in [-0.25, -0.2) is 0 Å². The van der Waals surface area contributed by atoms with Crippen molar-refractivity contribution in [3.8, 4) is 0 Å². The molecule has 0 spiro atoms. The molecule has 0 amide bonds. The van der Waals surface area contributed by atoms with Crippen LogP contribution < -0.4 is 0 Å². The van der Waals surface area contributed by atoms with Gasteiger partial charge in [-0.3, -0.25) is 0 Å². The van der Waals surface area contributed by atoms with Gasteiger partial charge in [0.05, 0.1) is 172 Å². The lowest BCUT2D eigenvalue weighted by atomic mass is 10.6. The highest BCUT2D eigenvalue weighted by atomic mass is 35.5. The van der Waals surface area contributed by atoms with Gasteiger partial charge >= 0.3 is 0 Å². The van der Waals surface area contributed by atoms with Crippen molar-refractivity contribution in [3.05, 3.63) is 12.7 Å². The van der Waals surface area contributed by atoms with Crippen LogP contribution in [0.15, 0.2) is 12.7 Å². The summed E-state index contributed by atoms with van der Waals surface area (Å²) in [6, 6.07) is 0. The van der Waals surface area contributed by atoms with Crippen LogP contribution in [0.3, 0.4) is 0 Å². The highest BCUT2D eigenvalue weighted by molar-refractivity contribution is 6.17. The van der Waals surface area contributed by atoms with Gasteiger partial charge in [0.1, 0.15) is 0 Å². The average molecular weight is 649 g/mol. The smallest absolute Gasteiger partial charge is 0.0704 e. The Morgan fingerprint density at radius 1 is 0.279 bits per heavy atom. The molecule has 0 atom stereocenters. The number of alkyl halides is 1. The predicted octanol–water partition coefficient (Wildman–Crippen LogP) is 1.63. The second kappa shape index (κ2) is 41.5. The molecule has 0 N–H and O–H groups in total. The average Bonchev–Trinajstić information content (AvgIpc) is 3.02. The zero-order valence-corrected chi connectivity index (χ0v) is 26.8. The molecule has 0 aromatic rings. The van der Waals surface area contributed by atoms with E-state index in [9.17, 15) is 0 Å². The second-order valence-electron chi connectivity index (χ2n) is 8.40. The molecular formula is C29H57ClO13. The Morgan fingerprint density at radius 3 is 0.605 bits per heavy atom. The molecule has 0 rings (SSSR count). The van der Waals surface area contributed by atoms with E-state index in [4.69, 9.17) is 73.2 Å². The molecule has 258 valence electrons. The Morgan fingerprint density at radius 2 is 0.442 bits per heavy atom. The maximum Gasteiger partial charge on any atom is 0.0704 e. The van der Waals surface area contributed by atoms with Gasteiger partial charge in [0.2, 0.25) is 0 Å². The standard InChI is InChI=1S/C29H57ClO13/c1-2-4-31-6-8-33-10-12-35-14-16-37-18-20-39-22-24-41-26-28-43-29-27-42-25-23-40-21-19-38-17-15-36-13-11-34-9-7-32-5-3-30/h2H,1,3-29H2. The maximum absolute atomic E-state index is 5.51. The van der Waals surface area contributed by atoms with Gasteiger partial charge in [-0.05, 0) is 0 Å².